The molecule has 0 fully saturated rings. The highest BCUT2D eigenvalue weighted by atomic mass is 16.6. The summed E-state index contributed by atoms with van der Waals surface area (Å²) in [5.41, 5.74) is 1.14. The molecular formula is C23H26N2O5. The quantitative estimate of drug-likeness (QED) is 0.669. The second-order valence-corrected chi connectivity index (χ2v) is 9.31. The molecular weight excluding hydrogens is 384 g/mol. The number of hydrogen-bond donors (Lipinski definition) is 0. The lowest BCUT2D eigenvalue weighted by Gasteiger charge is -2.37. The van der Waals surface area contributed by atoms with Crippen molar-refractivity contribution < 1.29 is 23.9 Å². The van der Waals surface area contributed by atoms with Crippen LogP contribution in [-0.2, 0) is 20.7 Å². The second kappa shape index (κ2) is 6.45. The van der Waals surface area contributed by atoms with Crippen LogP contribution in [0.2, 0.25) is 0 Å². The van der Waals surface area contributed by atoms with E-state index in [0.29, 0.717) is 35.6 Å². The molecule has 1 amide bonds. The first kappa shape index (κ1) is 20.2. The maximum absolute atomic E-state index is 13.3. The van der Waals surface area contributed by atoms with Crippen molar-refractivity contribution >= 4 is 34.4 Å². The number of hydrogen-bond acceptors (Lipinski definition) is 5. The fourth-order valence-electron chi connectivity index (χ4n) is 4.12. The van der Waals surface area contributed by atoms with Crippen molar-refractivity contribution in [2.45, 2.75) is 46.6 Å². The minimum absolute atomic E-state index is 0.388. The van der Waals surface area contributed by atoms with Gasteiger partial charge in [0.05, 0.1) is 29.4 Å². The van der Waals surface area contributed by atoms with E-state index < -0.39 is 28.8 Å². The van der Waals surface area contributed by atoms with Crippen molar-refractivity contribution in [1.82, 2.24) is 9.47 Å². The Balaban J connectivity index is 2.04. The van der Waals surface area contributed by atoms with Gasteiger partial charge in [0.15, 0.2) is 0 Å². The van der Waals surface area contributed by atoms with Crippen molar-refractivity contribution in [2.24, 2.45) is 5.41 Å². The first-order chi connectivity index (χ1) is 13.9. The van der Waals surface area contributed by atoms with Gasteiger partial charge in [-0.2, -0.15) is 0 Å². The molecule has 7 heteroatoms. The minimum Gasteiger partial charge on any atom is -0.497 e. The first-order valence-corrected chi connectivity index (χ1v) is 9.99. The minimum atomic E-state index is -0.954. The normalized spacial score (nSPS) is 18.1. The average molecular weight is 410 g/mol. The smallest absolute Gasteiger partial charge is 0.419 e. The summed E-state index contributed by atoms with van der Waals surface area (Å²) < 4.78 is 12.6. The van der Waals surface area contributed by atoms with Crippen molar-refractivity contribution in [3.8, 4) is 5.75 Å². The molecule has 1 aromatic carbocycles. The number of nitrogens with zero attached hydrogens (tertiary/aromatic N) is 2. The molecule has 0 N–H and O–H groups in total. The Morgan fingerprint density at radius 3 is 2.50 bits per heavy atom. The van der Waals surface area contributed by atoms with Crippen LogP contribution in [0.15, 0.2) is 24.3 Å². The van der Waals surface area contributed by atoms with Gasteiger partial charge in [-0.3, -0.25) is 9.59 Å². The van der Waals surface area contributed by atoms with Crippen molar-refractivity contribution in [3.05, 3.63) is 35.5 Å². The van der Waals surface area contributed by atoms with E-state index in [1.54, 1.807) is 53.9 Å². The van der Waals surface area contributed by atoms with E-state index in [1.807, 2.05) is 12.1 Å². The lowest BCUT2D eigenvalue weighted by molar-refractivity contribution is -0.146. The number of allylic oxidation sites excluding steroid dienone is 1. The predicted octanol–water partition coefficient (Wildman–Crippen LogP) is 3.77. The van der Waals surface area contributed by atoms with Crippen LogP contribution in [0.25, 0.3) is 16.6 Å². The van der Waals surface area contributed by atoms with E-state index >= 15 is 0 Å². The third-order valence-corrected chi connectivity index (χ3v) is 5.50. The molecule has 3 heterocycles. The molecule has 2 aliphatic rings. The van der Waals surface area contributed by atoms with Crippen LogP contribution < -0.4 is 4.74 Å². The summed E-state index contributed by atoms with van der Waals surface area (Å²) in [7, 11) is 1.57. The van der Waals surface area contributed by atoms with E-state index in [2.05, 4.69) is 0 Å². The Kier molecular flexibility index (Phi) is 4.34. The Hall–Kier alpha value is -3.09. The number of fused-ring (bicyclic) bond motifs is 5. The maximum atomic E-state index is 13.3. The zero-order chi connectivity index (χ0) is 22.0. The molecule has 0 saturated carbocycles. The molecule has 0 atom stereocenters. The van der Waals surface area contributed by atoms with E-state index in [1.165, 1.54) is 9.47 Å². The van der Waals surface area contributed by atoms with Crippen molar-refractivity contribution in [3.63, 3.8) is 0 Å². The Labute approximate surface area is 175 Å². The molecule has 30 heavy (non-hydrogen) atoms. The van der Waals surface area contributed by atoms with Gasteiger partial charge in [0.1, 0.15) is 11.4 Å². The second-order valence-electron chi connectivity index (χ2n) is 9.31. The molecule has 2 aliphatic heterocycles. The summed E-state index contributed by atoms with van der Waals surface area (Å²) in [4.78, 5) is 40.1. The molecule has 4 rings (SSSR count). The van der Waals surface area contributed by atoms with E-state index in [4.69, 9.17) is 9.47 Å². The van der Waals surface area contributed by atoms with Gasteiger partial charge in [-0.15, -0.1) is 0 Å². The Morgan fingerprint density at radius 1 is 1.17 bits per heavy atom. The van der Waals surface area contributed by atoms with Gasteiger partial charge in [0.25, 0.3) is 5.91 Å². The van der Waals surface area contributed by atoms with Gasteiger partial charge >= 0.3 is 6.09 Å². The molecule has 0 saturated heterocycles. The monoisotopic (exact) mass is 410 g/mol. The molecule has 0 aliphatic carbocycles. The first-order valence-electron chi connectivity index (χ1n) is 9.99. The molecule has 0 spiro atoms. The van der Waals surface area contributed by atoms with Crippen LogP contribution in [0, 0.1) is 5.41 Å². The number of rotatable bonds is 1. The van der Waals surface area contributed by atoms with E-state index in [9.17, 15) is 14.4 Å². The topological polar surface area (TPSA) is 77.8 Å². The molecule has 0 radical (unpaired) electrons. The Bertz CT molecular complexity index is 1130. The molecule has 7 nitrogen and oxygen atoms in total. The number of aromatic nitrogens is 1. The molecule has 2 aromatic rings. The molecule has 1 aromatic heterocycles. The highest BCUT2D eigenvalue weighted by molar-refractivity contribution is 6.41. The average Bonchev–Trinajstić information content (AvgIpc) is 2.98. The van der Waals surface area contributed by atoms with Gasteiger partial charge in [-0.25, -0.2) is 9.36 Å². The van der Waals surface area contributed by atoms with Crippen LogP contribution in [0.5, 0.6) is 5.75 Å². The van der Waals surface area contributed by atoms with Crippen LogP contribution in [0.1, 0.15) is 45.9 Å². The third-order valence-electron chi connectivity index (χ3n) is 5.50. The Morgan fingerprint density at radius 2 is 1.87 bits per heavy atom. The van der Waals surface area contributed by atoms with Gasteiger partial charge in [0, 0.05) is 18.0 Å². The van der Waals surface area contributed by atoms with Crippen LogP contribution >= 0.6 is 0 Å². The maximum Gasteiger partial charge on any atom is 0.419 e. The van der Waals surface area contributed by atoms with Crippen LogP contribution in [-0.4, -0.2) is 46.5 Å². The number of carbonyl (C=O) groups is 3. The van der Waals surface area contributed by atoms with Gasteiger partial charge in [0.2, 0.25) is 5.78 Å². The fraction of sp³-hybridized carbons (Fsp3) is 0.435. The summed E-state index contributed by atoms with van der Waals surface area (Å²) in [6.45, 7) is 9.24. The third kappa shape index (κ3) is 3.00. The van der Waals surface area contributed by atoms with Gasteiger partial charge in [-0.1, -0.05) is 0 Å². The van der Waals surface area contributed by atoms with Crippen LogP contribution in [0.3, 0.4) is 0 Å². The number of Topliss-reactive ketones (excluding diaryl/α,β-unsaturated/α-hetero) is 1. The number of methoxy groups -OCH3 is 1. The number of amides is 1. The molecule has 0 unspecified atom stereocenters. The largest absolute Gasteiger partial charge is 0.497 e. The standard InChI is InChI=1S/C23H26N2O5/c1-22(2,3)30-21(28)25-16-11-13(29-6)7-8-14(16)15-9-10-24-17(18(15)25)12-23(4,5)19(26)20(24)27/h7-8,11-12H,9-10H2,1-6H3. The number of benzene rings is 1. The predicted molar refractivity (Wildman–Crippen MR) is 112 cm³/mol. The summed E-state index contributed by atoms with van der Waals surface area (Å²) in [5.74, 6) is -0.374. The summed E-state index contributed by atoms with van der Waals surface area (Å²) in [5, 5.41) is 0.902. The van der Waals surface area contributed by atoms with Gasteiger partial charge in [-0.05, 0) is 64.8 Å². The highest BCUT2D eigenvalue weighted by Crippen LogP contribution is 2.42. The van der Waals surface area contributed by atoms with E-state index in [0.717, 1.165) is 10.9 Å². The number of ketones is 1. The zero-order valence-electron chi connectivity index (χ0n) is 18.2. The number of carbonyl (C=O) groups excluding carboxylic acids is 3. The zero-order valence-corrected chi connectivity index (χ0v) is 18.2. The SMILES string of the molecule is COc1ccc2c3c(n(C(=O)OC(C)(C)C)c2c1)C1=CC(C)(C)C(=O)C(=O)N1CC3. The lowest BCUT2D eigenvalue weighted by atomic mass is 9.81. The van der Waals surface area contributed by atoms with Crippen LogP contribution in [0.4, 0.5) is 4.79 Å². The summed E-state index contributed by atoms with van der Waals surface area (Å²) in [6.07, 6.45) is 1.78. The lowest BCUT2D eigenvalue weighted by Crippen LogP contribution is -2.48. The van der Waals surface area contributed by atoms with E-state index in [-0.39, 0.29) is 0 Å². The highest BCUT2D eigenvalue weighted by Gasteiger charge is 2.45. The fourth-order valence-corrected chi connectivity index (χ4v) is 4.12. The van der Waals surface area contributed by atoms with Gasteiger partial charge < -0.3 is 14.4 Å². The van der Waals surface area contributed by atoms with Crippen molar-refractivity contribution in [1.29, 1.82) is 0 Å². The summed E-state index contributed by atoms with van der Waals surface area (Å²) in [6, 6.07) is 5.57. The van der Waals surface area contributed by atoms with Crippen molar-refractivity contribution in [2.75, 3.05) is 13.7 Å². The molecule has 0 bridgehead atoms. The summed E-state index contributed by atoms with van der Waals surface area (Å²) >= 11 is 0. The number of ether oxygens (including phenoxy) is 2. The molecule has 158 valence electrons.